The van der Waals surface area contributed by atoms with E-state index in [1.54, 1.807) is 42.3 Å². The number of alkyl halides is 2. The molecule has 1 amide bonds. The van der Waals surface area contributed by atoms with Gasteiger partial charge in [-0.1, -0.05) is 12.1 Å². The van der Waals surface area contributed by atoms with Crippen molar-refractivity contribution in [3.8, 4) is 17.2 Å². The number of hydrogen-bond donors (Lipinski definition) is 0. The average Bonchev–Trinajstić information content (AvgIpc) is 3.02. The largest absolute Gasteiger partial charge is 0.497 e. The van der Waals surface area contributed by atoms with Crippen LogP contribution in [-0.4, -0.2) is 32.5 Å². The molecule has 1 fully saturated rings. The van der Waals surface area contributed by atoms with Crippen LogP contribution in [0.5, 0.6) is 17.2 Å². The first-order chi connectivity index (χ1) is 12.5. The first kappa shape index (κ1) is 18.3. The van der Waals surface area contributed by atoms with Crippen LogP contribution in [0.4, 0.5) is 14.5 Å². The van der Waals surface area contributed by atoms with E-state index in [9.17, 15) is 13.6 Å². The highest BCUT2D eigenvalue weighted by molar-refractivity contribution is 8.00. The number of halogens is 2. The van der Waals surface area contributed by atoms with Crippen LogP contribution in [-0.2, 0) is 4.79 Å². The molecule has 0 N–H and O–H groups in total. The molecule has 1 heterocycles. The molecular weight excluding hydrogens is 364 g/mol. The average molecular weight is 381 g/mol. The number of anilines is 1. The van der Waals surface area contributed by atoms with Gasteiger partial charge in [0.1, 0.15) is 22.6 Å². The summed E-state index contributed by atoms with van der Waals surface area (Å²) >= 11 is 1.46. The normalized spacial score (nSPS) is 16.9. The highest BCUT2D eigenvalue weighted by Crippen LogP contribution is 2.45. The Bertz CT molecular complexity index is 785. The zero-order valence-electron chi connectivity index (χ0n) is 14.1. The van der Waals surface area contributed by atoms with Crippen molar-refractivity contribution in [1.82, 2.24) is 0 Å². The number of amides is 1. The lowest BCUT2D eigenvalue weighted by molar-refractivity contribution is -0.115. The molecule has 1 atom stereocenters. The van der Waals surface area contributed by atoms with E-state index in [0.29, 0.717) is 22.9 Å². The number of nitrogens with zero attached hydrogens (tertiary/aromatic N) is 1. The lowest BCUT2D eigenvalue weighted by Crippen LogP contribution is -2.28. The maximum Gasteiger partial charge on any atom is 0.387 e. The lowest BCUT2D eigenvalue weighted by Gasteiger charge is -2.26. The molecule has 1 aliphatic rings. The molecule has 1 saturated heterocycles. The summed E-state index contributed by atoms with van der Waals surface area (Å²) in [5.74, 6) is 1.47. The molecule has 0 aromatic heterocycles. The van der Waals surface area contributed by atoms with Gasteiger partial charge in [0, 0.05) is 6.07 Å². The standard InChI is InChI=1S/C18H17F2NO4S/c1-23-13-7-8-14(15(9-13)24-2)21-16(22)10-26-17(21)11-3-5-12(6-4-11)25-18(19)20/h3-9,17-18H,10H2,1-2H3. The molecule has 26 heavy (non-hydrogen) atoms. The van der Waals surface area contributed by atoms with Crippen LogP contribution in [0, 0.1) is 0 Å². The van der Waals surface area contributed by atoms with Crippen molar-refractivity contribution in [3.05, 3.63) is 48.0 Å². The molecule has 1 unspecified atom stereocenters. The van der Waals surface area contributed by atoms with Crippen molar-refractivity contribution in [3.63, 3.8) is 0 Å². The molecule has 3 rings (SSSR count). The lowest BCUT2D eigenvalue weighted by atomic mass is 10.1. The quantitative estimate of drug-likeness (QED) is 0.755. The fourth-order valence-electron chi connectivity index (χ4n) is 2.73. The SMILES string of the molecule is COc1ccc(N2C(=O)CSC2c2ccc(OC(F)F)cc2)c(OC)c1. The number of hydrogen-bond acceptors (Lipinski definition) is 5. The highest BCUT2D eigenvalue weighted by atomic mass is 32.2. The van der Waals surface area contributed by atoms with Crippen LogP contribution < -0.4 is 19.1 Å². The molecule has 138 valence electrons. The summed E-state index contributed by atoms with van der Waals surface area (Å²) in [6.07, 6.45) is 0. The van der Waals surface area contributed by atoms with Crippen molar-refractivity contribution in [1.29, 1.82) is 0 Å². The summed E-state index contributed by atoms with van der Waals surface area (Å²) in [6, 6.07) is 11.5. The van der Waals surface area contributed by atoms with Crippen LogP contribution in [0.25, 0.3) is 0 Å². The Kier molecular flexibility index (Phi) is 5.51. The van der Waals surface area contributed by atoms with Crippen molar-refractivity contribution >= 4 is 23.4 Å². The Hall–Kier alpha value is -2.48. The Balaban J connectivity index is 1.92. The minimum Gasteiger partial charge on any atom is -0.497 e. The number of benzene rings is 2. The molecule has 5 nitrogen and oxygen atoms in total. The Morgan fingerprint density at radius 2 is 1.77 bits per heavy atom. The minimum atomic E-state index is -2.87. The third-order valence-corrected chi connectivity index (χ3v) is 5.12. The van der Waals surface area contributed by atoms with Crippen LogP contribution in [0.15, 0.2) is 42.5 Å². The van der Waals surface area contributed by atoms with Gasteiger partial charge in [0.15, 0.2) is 0 Å². The number of rotatable bonds is 6. The maximum atomic E-state index is 12.5. The van der Waals surface area contributed by atoms with Gasteiger partial charge in [-0.25, -0.2) is 0 Å². The van der Waals surface area contributed by atoms with Crippen LogP contribution in [0.3, 0.4) is 0 Å². The van der Waals surface area contributed by atoms with Gasteiger partial charge >= 0.3 is 6.61 Å². The Morgan fingerprint density at radius 3 is 2.38 bits per heavy atom. The third kappa shape index (κ3) is 3.70. The second kappa shape index (κ2) is 7.82. The van der Waals surface area contributed by atoms with E-state index >= 15 is 0 Å². The molecule has 2 aromatic rings. The first-order valence-corrected chi connectivity index (χ1v) is 8.79. The van der Waals surface area contributed by atoms with E-state index < -0.39 is 6.61 Å². The summed E-state index contributed by atoms with van der Waals surface area (Å²) in [4.78, 5) is 14.1. The molecule has 0 bridgehead atoms. The summed E-state index contributed by atoms with van der Waals surface area (Å²) in [6.45, 7) is -2.87. The Morgan fingerprint density at radius 1 is 1.08 bits per heavy atom. The Labute approximate surface area is 153 Å². The summed E-state index contributed by atoms with van der Waals surface area (Å²) in [7, 11) is 3.08. The number of thioether (sulfide) groups is 1. The van der Waals surface area contributed by atoms with Crippen LogP contribution in [0.1, 0.15) is 10.9 Å². The molecule has 0 saturated carbocycles. The van der Waals surface area contributed by atoms with Gasteiger partial charge in [-0.3, -0.25) is 9.69 Å². The van der Waals surface area contributed by atoms with Crippen molar-refractivity contribution < 1.29 is 27.8 Å². The van der Waals surface area contributed by atoms with Crippen molar-refractivity contribution in [2.24, 2.45) is 0 Å². The second-order valence-electron chi connectivity index (χ2n) is 5.41. The number of carbonyl (C=O) groups excluding carboxylic acids is 1. The first-order valence-electron chi connectivity index (χ1n) is 7.74. The summed E-state index contributed by atoms with van der Waals surface area (Å²) < 4.78 is 39.6. The number of ether oxygens (including phenoxy) is 3. The van der Waals surface area contributed by atoms with Gasteiger partial charge in [0.2, 0.25) is 5.91 Å². The molecule has 0 spiro atoms. The predicted octanol–water partition coefficient (Wildman–Crippen LogP) is 4.08. The van der Waals surface area contributed by atoms with Gasteiger partial charge in [0.05, 0.1) is 25.7 Å². The highest BCUT2D eigenvalue weighted by Gasteiger charge is 2.35. The van der Waals surface area contributed by atoms with E-state index in [-0.39, 0.29) is 17.0 Å². The van der Waals surface area contributed by atoms with Gasteiger partial charge in [-0.05, 0) is 29.8 Å². The van der Waals surface area contributed by atoms with Gasteiger partial charge < -0.3 is 14.2 Å². The number of methoxy groups -OCH3 is 2. The number of carbonyl (C=O) groups is 1. The van der Waals surface area contributed by atoms with Gasteiger partial charge in [-0.2, -0.15) is 8.78 Å². The maximum absolute atomic E-state index is 12.5. The monoisotopic (exact) mass is 381 g/mol. The molecule has 8 heteroatoms. The predicted molar refractivity (Wildman–Crippen MR) is 95.3 cm³/mol. The zero-order chi connectivity index (χ0) is 18.7. The summed E-state index contributed by atoms with van der Waals surface area (Å²) in [5, 5.41) is -0.287. The molecular formula is C18H17F2NO4S. The second-order valence-corrected chi connectivity index (χ2v) is 6.48. The fraction of sp³-hybridized carbons (Fsp3) is 0.278. The fourth-order valence-corrected chi connectivity index (χ4v) is 3.90. The van der Waals surface area contributed by atoms with E-state index in [4.69, 9.17) is 9.47 Å². The van der Waals surface area contributed by atoms with Gasteiger partial charge in [0.25, 0.3) is 0 Å². The molecule has 0 aliphatic carbocycles. The van der Waals surface area contributed by atoms with Crippen molar-refractivity contribution in [2.75, 3.05) is 24.9 Å². The zero-order valence-corrected chi connectivity index (χ0v) is 15.0. The smallest absolute Gasteiger partial charge is 0.387 e. The van der Waals surface area contributed by atoms with E-state index in [0.717, 1.165) is 5.56 Å². The van der Waals surface area contributed by atoms with E-state index in [2.05, 4.69) is 4.74 Å². The topological polar surface area (TPSA) is 48.0 Å². The molecule has 0 radical (unpaired) electrons. The minimum absolute atomic E-state index is 0.0589. The summed E-state index contributed by atoms with van der Waals surface area (Å²) in [5.41, 5.74) is 1.43. The van der Waals surface area contributed by atoms with Crippen molar-refractivity contribution in [2.45, 2.75) is 12.0 Å². The third-order valence-electron chi connectivity index (χ3n) is 3.90. The van der Waals surface area contributed by atoms with E-state index in [1.807, 2.05) is 0 Å². The van der Waals surface area contributed by atoms with E-state index in [1.165, 1.54) is 31.0 Å². The van der Waals surface area contributed by atoms with Crippen LogP contribution in [0.2, 0.25) is 0 Å². The molecule has 1 aliphatic heterocycles. The van der Waals surface area contributed by atoms with Crippen LogP contribution >= 0.6 is 11.8 Å². The van der Waals surface area contributed by atoms with Gasteiger partial charge in [-0.15, -0.1) is 11.8 Å². The molecule has 2 aromatic carbocycles.